The molecular formula is C12H15BrN4O2S. The molecule has 6 nitrogen and oxygen atoms in total. The minimum Gasteiger partial charge on any atom is -0.398 e. The first-order valence-corrected chi connectivity index (χ1v) is 8.15. The largest absolute Gasteiger partial charge is 0.398 e. The third-order valence-corrected chi connectivity index (χ3v) is 5.13. The molecule has 1 atom stereocenters. The van der Waals surface area contributed by atoms with Crippen molar-refractivity contribution in [3.05, 3.63) is 40.1 Å². The van der Waals surface area contributed by atoms with Gasteiger partial charge in [0.05, 0.1) is 11.1 Å². The van der Waals surface area contributed by atoms with Crippen molar-refractivity contribution in [1.82, 2.24) is 14.9 Å². The lowest BCUT2D eigenvalue weighted by Gasteiger charge is -2.15. The zero-order valence-corrected chi connectivity index (χ0v) is 13.4. The highest BCUT2D eigenvalue weighted by Gasteiger charge is 2.22. The van der Waals surface area contributed by atoms with E-state index in [1.165, 1.54) is 6.07 Å². The van der Waals surface area contributed by atoms with Crippen LogP contribution in [-0.4, -0.2) is 18.6 Å². The van der Waals surface area contributed by atoms with Crippen LogP contribution in [-0.2, 0) is 10.0 Å². The monoisotopic (exact) mass is 358 g/mol. The van der Waals surface area contributed by atoms with Gasteiger partial charge in [-0.05, 0) is 31.5 Å². The van der Waals surface area contributed by atoms with Crippen LogP contribution in [0, 0.1) is 6.92 Å². The number of nitrogens with two attached hydrogens (primary N) is 1. The fourth-order valence-corrected chi connectivity index (χ4v) is 3.97. The van der Waals surface area contributed by atoms with Gasteiger partial charge in [0, 0.05) is 28.0 Å². The van der Waals surface area contributed by atoms with Crippen molar-refractivity contribution >= 4 is 31.6 Å². The molecule has 1 aromatic carbocycles. The molecule has 0 saturated carbocycles. The van der Waals surface area contributed by atoms with Crippen molar-refractivity contribution in [2.75, 3.05) is 5.73 Å². The van der Waals surface area contributed by atoms with Gasteiger partial charge in [-0.25, -0.2) is 13.1 Å². The average molecular weight is 359 g/mol. The number of benzene rings is 1. The van der Waals surface area contributed by atoms with E-state index in [1.807, 2.05) is 0 Å². The second-order valence-electron chi connectivity index (χ2n) is 4.49. The molecule has 1 heterocycles. The Bertz CT molecular complexity index is 713. The van der Waals surface area contributed by atoms with Gasteiger partial charge in [-0.2, -0.15) is 5.10 Å². The molecule has 0 aliphatic carbocycles. The molecule has 1 unspecified atom stereocenters. The molecule has 2 rings (SSSR count). The average Bonchev–Trinajstić information content (AvgIpc) is 2.86. The topological polar surface area (TPSA) is 101 Å². The van der Waals surface area contributed by atoms with E-state index in [4.69, 9.17) is 5.73 Å². The molecule has 2 aromatic rings. The molecule has 0 aliphatic rings. The van der Waals surface area contributed by atoms with Crippen LogP contribution in [0.15, 0.2) is 33.9 Å². The van der Waals surface area contributed by atoms with Crippen LogP contribution in [0.5, 0.6) is 0 Å². The first-order chi connectivity index (χ1) is 9.31. The van der Waals surface area contributed by atoms with Crippen LogP contribution in [0.2, 0.25) is 0 Å². The number of nitrogens with one attached hydrogen (secondary N) is 2. The van der Waals surface area contributed by atoms with Gasteiger partial charge in [-0.3, -0.25) is 5.10 Å². The van der Waals surface area contributed by atoms with Gasteiger partial charge in [-0.15, -0.1) is 0 Å². The Labute approximate surface area is 125 Å². The Morgan fingerprint density at radius 3 is 2.75 bits per heavy atom. The Morgan fingerprint density at radius 1 is 1.45 bits per heavy atom. The molecular weight excluding hydrogens is 344 g/mol. The summed E-state index contributed by atoms with van der Waals surface area (Å²) >= 11 is 3.26. The lowest BCUT2D eigenvalue weighted by atomic mass is 10.2. The van der Waals surface area contributed by atoms with Crippen LogP contribution in [0.1, 0.15) is 24.1 Å². The fraction of sp³-hybridized carbons (Fsp3) is 0.250. The summed E-state index contributed by atoms with van der Waals surface area (Å²) in [6.07, 6.45) is 3.23. The van der Waals surface area contributed by atoms with E-state index in [0.717, 1.165) is 5.56 Å². The number of aromatic nitrogens is 2. The number of nitrogen functional groups attached to an aromatic ring is 1. The standard InChI is InChI=1S/C12H15BrN4O2S/c1-7-11(14)3-10(13)4-12(7)20(18,19)17-8(2)9-5-15-16-6-9/h3-6,8,17H,14H2,1-2H3,(H,15,16). The predicted molar refractivity (Wildman–Crippen MR) is 80.6 cm³/mol. The highest BCUT2D eigenvalue weighted by molar-refractivity contribution is 9.10. The predicted octanol–water partition coefficient (Wildman–Crippen LogP) is 2.10. The minimum atomic E-state index is -3.66. The molecule has 1 aromatic heterocycles. The minimum absolute atomic E-state index is 0.166. The summed E-state index contributed by atoms with van der Waals surface area (Å²) in [6, 6.07) is 2.82. The molecule has 0 bridgehead atoms. The molecule has 0 radical (unpaired) electrons. The number of hydrogen-bond acceptors (Lipinski definition) is 4. The van der Waals surface area contributed by atoms with Gasteiger partial charge in [0.1, 0.15) is 0 Å². The number of halogens is 1. The molecule has 0 saturated heterocycles. The summed E-state index contributed by atoms with van der Waals surface area (Å²) in [6.45, 7) is 3.43. The van der Waals surface area contributed by atoms with Gasteiger partial charge >= 0.3 is 0 Å². The molecule has 20 heavy (non-hydrogen) atoms. The van der Waals surface area contributed by atoms with E-state index in [0.29, 0.717) is 15.7 Å². The maximum absolute atomic E-state index is 12.4. The summed E-state index contributed by atoms with van der Waals surface area (Å²) in [5.41, 5.74) is 7.52. The zero-order chi connectivity index (χ0) is 14.9. The van der Waals surface area contributed by atoms with Crippen molar-refractivity contribution in [3.8, 4) is 0 Å². The van der Waals surface area contributed by atoms with Crippen LogP contribution in [0.4, 0.5) is 5.69 Å². The molecule has 4 N–H and O–H groups in total. The second-order valence-corrected chi connectivity index (χ2v) is 7.09. The Hall–Kier alpha value is -1.38. The van der Waals surface area contributed by atoms with Gasteiger partial charge in [0.2, 0.25) is 10.0 Å². The highest BCUT2D eigenvalue weighted by Crippen LogP contribution is 2.27. The van der Waals surface area contributed by atoms with Gasteiger partial charge in [-0.1, -0.05) is 15.9 Å². The zero-order valence-electron chi connectivity index (χ0n) is 11.0. The van der Waals surface area contributed by atoms with Gasteiger partial charge in [0.25, 0.3) is 0 Å². The Morgan fingerprint density at radius 2 is 2.15 bits per heavy atom. The fourth-order valence-electron chi connectivity index (χ4n) is 1.82. The number of sulfonamides is 1. The SMILES string of the molecule is Cc1c(N)cc(Br)cc1S(=O)(=O)NC(C)c1cn[nH]c1. The van der Waals surface area contributed by atoms with E-state index in [2.05, 4.69) is 30.8 Å². The number of hydrogen-bond donors (Lipinski definition) is 3. The van der Waals surface area contributed by atoms with Gasteiger partial charge < -0.3 is 5.73 Å². The molecule has 0 fully saturated rings. The second kappa shape index (κ2) is 5.55. The third kappa shape index (κ3) is 3.02. The van der Waals surface area contributed by atoms with Crippen LogP contribution >= 0.6 is 15.9 Å². The van der Waals surface area contributed by atoms with E-state index in [9.17, 15) is 8.42 Å². The summed E-state index contributed by atoms with van der Waals surface area (Å²) < 4.78 is 28.1. The van der Waals surface area contributed by atoms with Crippen molar-refractivity contribution in [3.63, 3.8) is 0 Å². The van der Waals surface area contributed by atoms with E-state index >= 15 is 0 Å². The van der Waals surface area contributed by atoms with Crippen LogP contribution in [0.3, 0.4) is 0 Å². The number of rotatable bonds is 4. The normalized spacial score (nSPS) is 13.3. The highest BCUT2D eigenvalue weighted by atomic mass is 79.9. The summed E-state index contributed by atoms with van der Waals surface area (Å²) in [4.78, 5) is 0.166. The molecule has 0 amide bonds. The number of anilines is 1. The number of nitrogens with zero attached hydrogens (tertiary/aromatic N) is 1. The van der Waals surface area contributed by atoms with Gasteiger partial charge in [0.15, 0.2) is 0 Å². The first kappa shape index (κ1) is 15.0. The first-order valence-electron chi connectivity index (χ1n) is 5.88. The molecule has 0 spiro atoms. The Balaban J connectivity index is 2.36. The van der Waals surface area contributed by atoms with E-state index in [-0.39, 0.29) is 4.90 Å². The lowest BCUT2D eigenvalue weighted by molar-refractivity contribution is 0.566. The molecule has 0 aliphatic heterocycles. The smallest absolute Gasteiger partial charge is 0.241 e. The van der Waals surface area contributed by atoms with Crippen molar-refractivity contribution in [2.45, 2.75) is 24.8 Å². The lowest BCUT2D eigenvalue weighted by Crippen LogP contribution is -2.27. The van der Waals surface area contributed by atoms with Crippen LogP contribution < -0.4 is 10.5 Å². The quantitative estimate of drug-likeness (QED) is 0.728. The summed E-state index contributed by atoms with van der Waals surface area (Å²) in [7, 11) is -3.66. The summed E-state index contributed by atoms with van der Waals surface area (Å²) in [5.74, 6) is 0. The van der Waals surface area contributed by atoms with E-state index in [1.54, 1.807) is 32.3 Å². The third-order valence-electron chi connectivity index (χ3n) is 3.01. The summed E-state index contributed by atoms with van der Waals surface area (Å²) in [5, 5.41) is 6.46. The molecule has 8 heteroatoms. The maximum Gasteiger partial charge on any atom is 0.241 e. The molecule has 108 valence electrons. The van der Waals surface area contributed by atoms with E-state index < -0.39 is 16.1 Å². The van der Waals surface area contributed by atoms with Crippen molar-refractivity contribution < 1.29 is 8.42 Å². The van der Waals surface area contributed by atoms with Crippen LogP contribution in [0.25, 0.3) is 0 Å². The van der Waals surface area contributed by atoms with Crippen molar-refractivity contribution in [1.29, 1.82) is 0 Å². The maximum atomic E-state index is 12.4. The Kier molecular flexibility index (Phi) is 4.17. The van der Waals surface area contributed by atoms with Crippen molar-refractivity contribution in [2.24, 2.45) is 0 Å². The number of H-pyrrole nitrogens is 1. The number of aromatic amines is 1.